The minimum absolute atomic E-state index is 0.126. The number of carbonyl (C=O) groups is 1. The van der Waals surface area contributed by atoms with E-state index < -0.39 is 0 Å². The Morgan fingerprint density at radius 1 is 1.12 bits per heavy atom. The van der Waals surface area contributed by atoms with Crippen LogP contribution < -0.4 is 11.2 Å². The van der Waals surface area contributed by atoms with Gasteiger partial charge in [-0.05, 0) is 36.4 Å². The monoisotopic (exact) mass is 393 g/mol. The molecule has 3 rings (SSSR count). The fourth-order valence-corrected chi connectivity index (χ4v) is 3.02. The molecule has 3 aromatic rings. The highest BCUT2D eigenvalue weighted by atomic mass is 35.5. The quantitative estimate of drug-likeness (QED) is 0.509. The summed E-state index contributed by atoms with van der Waals surface area (Å²) < 4.78 is 1.34. The van der Waals surface area contributed by atoms with Crippen LogP contribution in [0.3, 0.4) is 0 Å². The Labute approximate surface area is 158 Å². The maximum atomic E-state index is 12.1. The number of thioether (sulfide) groups is 1. The maximum Gasteiger partial charge on any atom is 0.234 e. The molecule has 0 atom stereocenters. The zero-order valence-electron chi connectivity index (χ0n) is 12.8. The number of rotatable bonds is 5. The van der Waals surface area contributed by atoms with Gasteiger partial charge in [-0.3, -0.25) is 4.79 Å². The molecule has 0 radical (unpaired) electrons. The van der Waals surface area contributed by atoms with E-state index in [0.29, 0.717) is 26.7 Å². The Balaban J connectivity index is 1.65. The summed E-state index contributed by atoms with van der Waals surface area (Å²) in [4.78, 5) is 12.1. The van der Waals surface area contributed by atoms with Gasteiger partial charge < -0.3 is 11.2 Å². The fraction of sp³-hybridized carbons (Fsp3) is 0.0625. The van der Waals surface area contributed by atoms with Gasteiger partial charge in [0, 0.05) is 10.6 Å². The van der Waals surface area contributed by atoms with Crippen molar-refractivity contribution in [1.29, 1.82) is 0 Å². The zero-order chi connectivity index (χ0) is 17.8. The van der Waals surface area contributed by atoms with Gasteiger partial charge in [0.2, 0.25) is 11.1 Å². The van der Waals surface area contributed by atoms with Gasteiger partial charge in [-0.15, -0.1) is 10.2 Å². The van der Waals surface area contributed by atoms with Gasteiger partial charge in [0.05, 0.1) is 16.5 Å². The highest BCUT2D eigenvalue weighted by Gasteiger charge is 2.14. The Hall–Kier alpha value is -2.22. The van der Waals surface area contributed by atoms with Crippen molar-refractivity contribution in [2.24, 2.45) is 0 Å². The number of nitrogens with two attached hydrogens (primary N) is 1. The minimum atomic E-state index is -0.214. The summed E-state index contributed by atoms with van der Waals surface area (Å²) in [5.74, 6) is 6.43. The number of anilines is 1. The zero-order valence-corrected chi connectivity index (χ0v) is 15.1. The van der Waals surface area contributed by atoms with Crippen LogP contribution in [0.1, 0.15) is 0 Å². The molecule has 6 nitrogen and oxygen atoms in total. The summed E-state index contributed by atoms with van der Waals surface area (Å²) in [6.45, 7) is 0. The van der Waals surface area contributed by atoms with Gasteiger partial charge in [0.25, 0.3) is 0 Å². The van der Waals surface area contributed by atoms with Crippen molar-refractivity contribution < 1.29 is 4.79 Å². The number of carbonyl (C=O) groups excluding carboxylic acids is 1. The molecule has 128 valence electrons. The highest BCUT2D eigenvalue weighted by molar-refractivity contribution is 7.99. The molecule has 0 fully saturated rings. The number of benzene rings is 2. The molecular formula is C16H13Cl2N5OS. The predicted octanol–water partition coefficient (Wildman–Crippen LogP) is 3.70. The number of halogens is 2. The third kappa shape index (κ3) is 4.25. The van der Waals surface area contributed by atoms with Crippen LogP contribution in [-0.2, 0) is 4.79 Å². The van der Waals surface area contributed by atoms with Crippen LogP contribution >= 0.6 is 35.0 Å². The molecule has 1 heterocycles. The second-order valence-electron chi connectivity index (χ2n) is 5.00. The Morgan fingerprint density at radius 3 is 2.56 bits per heavy atom. The first kappa shape index (κ1) is 17.6. The summed E-state index contributed by atoms with van der Waals surface area (Å²) in [6, 6.07) is 14.1. The predicted molar refractivity (Wildman–Crippen MR) is 101 cm³/mol. The molecule has 1 amide bonds. The molecule has 2 aromatic carbocycles. The first-order chi connectivity index (χ1) is 12.0. The summed E-state index contributed by atoms with van der Waals surface area (Å²) in [5, 5.41) is 12.4. The fourth-order valence-electron chi connectivity index (χ4n) is 2.05. The van der Waals surface area contributed by atoms with E-state index >= 15 is 0 Å². The van der Waals surface area contributed by atoms with Crippen LogP contribution in [0.5, 0.6) is 0 Å². The van der Waals surface area contributed by atoms with Gasteiger partial charge in [0.15, 0.2) is 5.82 Å². The lowest BCUT2D eigenvalue weighted by molar-refractivity contribution is -0.113. The molecule has 1 aromatic heterocycles. The van der Waals surface area contributed by atoms with Gasteiger partial charge in [0.1, 0.15) is 0 Å². The van der Waals surface area contributed by atoms with E-state index in [1.807, 2.05) is 0 Å². The van der Waals surface area contributed by atoms with E-state index in [4.69, 9.17) is 29.0 Å². The second kappa shape index (κ2) is 7.77. The van der Waals surface area contributed by atoms with E-state index in [2.05, 4.69) is 15.5 Å². The van der Waals surface area contributed by atoms with Crippen LogP contribution in [0, 0.1) is 0 Å². The summed E-state index contributed by atoms with van der Waals surface area (Å²) in [5.41, 5.74) is 1.35. The van der Waals surface area contributed by atoms with Gasteiger partial charge >= 0.3 is 0 Å². The van der Waals surface area contributed by atoms with Crippen molar-refractivity contribution in [2.45, 2.75) is 5.16 Å². The largest absolute Gasteiger partial charge is 0.335 e. The van der Waals surface area contributed by atoms with Crippen LogP contribution in [-0.4, -0.2) is 26.5 Å². The topological polar surface area (TPSA) is 85.8 Å². The molecule has 0 aliphatic carbocycles. The lowest BCUT2D eigenvalue weighted by Gasteiger charge is -2.07. The van der Waals surface area contributed by atoms with E-state index in [9.17, 15) is 4.79 Å². The molecule has 0 saturated carbocycles. The Morgan fingerprint density at radius 2 is 1.84 bits per heavy atom. The molecule has 0 saturated heterocycles. The van der Waals surface area contributed by atoms with Crippen LogP contribution in [0.25, 0.3) is 11.4 Å². The van der Waals surface area contributed by atoms with E-state index in [1.165, 1.54) is 16.4 Å². The maximum absolute atomic E-state index is 12.1. The van der Waals surface area contributed by atoms with Crippen molar-refractivity contribution in [2.75, 3.05) is 16.9 Å². The summed E-state index contributed by atoms with van der Waals surface area (Å²) >= 11 is 13.1. The van der Waals surface area contributed by atoms with Crippen molar-refractivity contribution in [3.8, 4) is 11.4 Å². The Bertz CT molecular complexity index is 898. The molecular weight excluding hydrogens is 381 g/mol. The minimum Gasteiger partial charge on any atom is -0.335 e. The van der Waals surface area contributed by atoms with Gasteiger partial charge in [-0.25, -0.2) is 4.68 Å². The number of nitrogens with one attached hydrogen (secondary N) is 1. The summed E-state index contributed by atoms with van der Waals surface area (Å²) in [7, 11) is 0. The number of aromatic nitrogens is 3. The van der Waals surface area contributed by atoms with E-state index in [-0.39, 0.29) is 11.7 Å². The van der Waals surface area contributed by atoms with Gasteiger partial charge in [-0.2, -0.15) is 0 Å². The first-order valence-electron chi connectivity index (χ1n) is 7.18. The average molecular weight is 394 g/mol. The van der Waals surface area contributed by atoms with E-state index in [0.717, 1.165) is 5.56 Å². The number of amides is 1. The normalized spacial score (nSPS) is 10.6. The smallest absolute Gasteiger partial charge is 0.234 e. The first-order valence-corrected chi connectivity index (χ1v) is 8.92. The van der Waals surface area contributed by atoms with Crippen LogP contribution in [0.2, 0.25) is 10.0 Å². The number of hydrogen-bond donors (Lipinski definition) is 2. The average Bonchev–Trinajstić information content (AvgIpc) is 2.97. The molecule has 3 N–H and O–H groups in total. The molecule has 9 heteroatoms. The second-order valence-corrected chi connectivity index (χ2v) is 6.79. The number of para-hydroxylation sites is 1. The van der Waals surface area contributed by atoms with Crippen molar-refractivity contribution >= 4 is 46.6 Å². The van der Waals surface area contributed by atoms with Crippen molar-refractivity contribution in [1.82, 2.24) is 14.9 Å². The molecule has 0 unspecified atom stereocenters. The SMILES string of the molecule is Nn1c(SCC(=O)Nc2ccccc2Cl)nnc1-c1ccc(Cl)cc1. The Kier molecular flexibility index (Phi) is 5.47. The lowest BCUT2D eigenvalue weighted by atomic mass is 10.2. The number of hydrogen-bond acceptors (Lipinski definition) is 5. The number of nitrogens with zero attached hydrogens (tertiary/aromatic N) is 3. The van der Waals surface area contributed by atoms with Crippen LogP contribution in [0.15, 0.2) is 53.7 Å². The molecule has 0 aliphatic heterocycles. The van der Waals surface area contributed by atoms with Gasteiger partial charge in [-0.1, -0.05) is 47.1 Å². The summed E-state index contributed by atoms with van der Waals surface area (Å²) in [6.07, 6.45) is 0. The standard InChI is InChI=1S/C16H13Cl2N5OS/c17-11-7-5-10(6-8-11)15-21-22-16(23(15)19)25-9-14(24)20-13-4-2-1-3-12(13)18/h1-8H,9,19H2,(H,20,24). The molecule has 0 bridgehead atoms. The molecule has 0 spiro atoms. The van der Waals surface area contributed by atoms with Crippen molar-refractivity contribution in [3.63, 3.8) is 0 Å². The van der Waals surface area contributed by atoms with E-state index in [1.54, 1.807) is 48.5 Å². The third-order valence-corrected chi connectivity index (χ3v) is 4.77. The number of nitrogen functional groups attached to an aromatic ring is 1. The highest BCUT2D eigenvalue weighted by Crippen LogP contribution is 2.24. The molecule has 25 heavy (non-hydrogen) atoms. The van der Waals surface area contributed by atoms with Crippen molar-refractivity contribution in [3.05, 3.63) is 58.6 Å². The third-order valence-electron chi connectivity index (χ3n) is 3.25. The lowest BCUT2D eigenvalue weighted by Crippen LogP contribution is -2.16. The molecule has 0 aliphatic rings. The van der Waals surface area contributed by atoms with Crippen LogP contribution in [0.4, 0.5) is 5.69 Å².